The van der Waals surface area contributed by atoms with Crippen molar-refractivity contribution in [2.24, 2.45) is 11.8 Å². The predicted molar refractivity (Wildman–Crippen MR) is 75.2 cm³/mol. The molecule has 1 fully saturated rings. The second kappa shape index (κ2) is 6.59. The maximum Gasteiger partial charge on any atom is 0.433 e. The summed E-state index contributed by atoms with van der Waals surface area (Å²) in [6.07, 6.45) is 1.07. The summed E-state index contributed by atoms with van der Waals surface area (Å²) in [7, 11) is 0. The van der Waals surface area contributed by atoms with E-state index < -0.39 is 23.4 Å². The van der Waals surface area contributed by atoms with Crippen molar-refractivity contribution < 1.29 is 23.7 Å². The summed E-state index contributed by atoms with van der Waals surface area (Å²) in [6.45, 7) is 5.04. The smallest absolute Gasteiger partial charge is 0.433 e. The molecule has 0 bridgehead atoms. The van der Waals surface area contributed by atoms with Crippen LogP contribution in [0.2, 0.25) is 0 Å². The Morgan fingerprint density at radius 1 is 1.36 bits per heavy atom. The van der Waals surface area contributed by atoms with Gasteiger partial charge in [0.15, 0.2) is 6.61 Å². The third-order valence-electron chi connectivity index (χ3n) is 3.52. The fourth-order valence-corrected chi connectivity index (χ4v) is 2.69. The van der Waals surface area contributed by atoms with Crippen LogP contribution in [0.4, 0.5) is 5.88 Å². The lowest BCUT2D eigenvalue weighted by atomic mass is 9.92. The van der Waals surface area contributed by atoms with Gasteiger partial charge < -0.3 is 14.1 Å². The standard InChI is InChI=1S/C14H18N2O6/c1-9-5-10(2)7-15(6-9)12(17)8-21-14(18)11-3-4-13(22-11)16(19)20/h3-4,9-10H,5-8H2,1-2H3/t9-,10+. The Morgan fingerprint density at radius 3 is 2.55 bits per heavy atom. The summed E-state index contributed by atoms with van der Waals surface area (Å²) in [5.41, 5.74) is 0. The van der Waals surface area contributed by atoms with Crippen molar-refractivity contribution in [3.05, 3.63) is 28.0 Å². The first kappa shape index (κ1) is 16.0. The molecule has 0 radical (unpaired) electrons. The van der Waals surface area contributed by atoms with Crippen molar-refractivity contribution in [1.82, 2.24) is 4.90 Å². The zero-order valence-electron chi connectivity index (χ0n) is 12.5. The number of furan rings is 1. The van der Waals surface area contributed by atoms with E-state index in [0.717, 1.165) is 18.6 Å². The zero-order chi connectivity index (χ0) is 16.3. The minimum Gasteiger partial charge on any atom is -0.450 e. The second-order valence-corrected chi connectivity index (χ2v) is 5.72. The molecule has 1 aromatic rings. The number of nitrogens with zero attached hydrogens (tertiary/aromatic N) is 2. The highest BCUT2D eigenvalue weighted by Gasteiger charge is 2.26. The number of likely N-dealkylation sites (tertiary alicyclic amines) is 1. The normalized spacial score (nSPS) is 21.5. The molecule has 1 saturated heterocycles. The molecule has 0 N–H and O–H groups in total. The first-order chi connectivity index (χ1) is 10.4. The molecular weight excluding hydrogens is 292 g/mol. The molecule has 2 atom stereocenters. The van der Waals surface area contributed by atoms with E-state index in [1.165, 1.54) is 0 Å². The molecule has 8 nitrogen and oxygen atoms in total. The second-order valence-electron chi connectivity index (χ2n) is 5.72. The molecule has 1 aromatic heterocycles. The Hall–Kier alpha value is -2.38. The quantitative estimate of drug-likeness (QED) is 0.477. The Labute approximate surface area is 127 Å². The fraction of sp³-hybridized carbons (Fsp3) is 0.571. The van der Waals surface area contributed by atoms with E-state index in [4.69, 9.17) is 9.15 Å². The number of rotatable bonds is 4. The van der Waals surface area contributed by atoms with Gasteiger partial charge in [0.2, 0.25) is 5.76 Å². The van der Waals surface area contributed by atoms with Gasteiger partial charge in [-0.25, -0.2) is 4.79 Å². The van der Waals surface area contributed by atoms with Gasteiger partial charge in [0.25, 0.3) is 5.91 Å². The van der Waals surface area contributed by atoms with Crippen LogP contribution in [0.5, 0.6) is 0 Å². The largest absolute Gasteiger partial charge is 0.450 e. The number of amides is 1. The first-order valence-corrected chi connectivity index (χ1v) is 7.06. The van der Waals surface area contributed by atoms with Crippen LogP contribution in [0.3, 0.4) is 0 Å². The van der Waals surface area contributed by atoms with E-state index in [1.54, 1.807) is 4.90 Å². The van der Waals surface area contributed by atoms with Crippen LogP contribution in [0.1, 0.15) is 30.8 Å². The van der Waals surface area contributed by atoms with E-state index in [9.17, 15) is 19.7 Å². The summed E-state index contributed by atoms with van der Waals surface area (Å²) in [4.78, 5) is 35.1. The highest BCUT2D eigenvalue weighted by molar-refractivity contribution is 5.89. The van der Waals surface area contributed by atoms with Gasteiger partial charge in [0.05, 0.1) is 6.07 Å². The monoisotopic (exact) mass is 310 g/mol. The number of nitro groups is 1. The van der Waals surface area contributed by atoms with E-state index >= 15 is 0 Å². The lowest BCUT2D eigenvalue weighted by molar-refractivity contribution is -0.402. The van der Waals surface area contributed by atoms with Crippen LogP contribution in [0.25, 0.3) is 0 Å². The molecule has 0 saturated carbocycles. The van der Waals surface area contributed by atoms with Crippen molar-refractivity contribution in [3.8, 4) is 0 Å². The minimum atomic E-state index is -0.889. The molecule has 1 aliphatic heterocycles. The average molecular weight is 310 g/mol. The summed E-state index contributed by atoms with van der Waals surface area (Å²) in [5, 5.41) is 10.5. The lowest BCUT2D eigenvalue weighted by Crippen LogP contribution is -2.44. The van der Waals surface area contributed by atoms with Crippen LogP contribution in [0.15, 0.2) is 16.5 Å². The third kappa shape index (κ3) is 3.84. The van der Waals surface area contributed by atoms with Crippen LogP contribution >= 0.6 is 0 Å². The van der Waals surface area contributed by atoms with Crippen LogP contribution < -0.4 is 0 Å². The fourth-order valence-electron chi connectivity index (χ4n) is 2.69. The van der Waals surface area contributed by atoms with Crippen LogP contribution in [-0.2, 0) is 9.53 Å². The van der Waals surface area contributed by atoms with E-state index in [-0.39, 0.29) is 11.7 Å². The molecule has 0 unspecified atom stereocenters. The number of hydrogen-bond acceptors (Lipinski definition) is 6. The SMILES string of the molecule is C[C@@H]1C[C@H](C)CN(C(=O)COC(=O)c2ccc([N+](=O)[O-])o2)C1. The van der Waals surface area contributed by atoms with Crippen molar-refractivity contribution in [2.45, 2.75) is 20.3 Å². The molecule has 2 rings (SSSR count). The predicted octanol–water partition coefficient (Wildman–Crippen LogP) is 1.85. The van der Waals surface area contributed by atoms with Gasteiger partial charge in [-0.3, -0.25) is 14.9 Å². The zero-order valence-corrected chi connectivity index (χ0v) is 12.5. The van der Waals surface area contributed by atoms with E-state index in [0.29, 0.717) is 24.9 Å². The molecule has 2 heterocycles. The molecule has 0 aliphatic carbocycles. The minimum absolute atomic E-state index is 0.271. The third-order valence-corrected chi connectivity index (χ3v) is 3.52. The van der Waals surface area contributed by atoms with E-state index in [1.807, 2.05) is 0 Å². The molecule has 0 spiro atoms. The van der Waals surface area contributed by atoms with Gasteiger partial charge in [-0.1, -0.05) is 13.8 Å². The van der Waals surface area contributed by atoms with Gasteiger partial charge in [-0.15, -0.1) is 0 Å². The van der Waals surface area contributed by atoms with Gasteiger partial charge in [0, 0.05) is 13.1 Å². The molecule has 8 heteroatoms. The lowest BCUT2D eigenvalue weighted by Gasteiger charge is -2.34. The number of carbonyl (C=O) groups excluding carboxylic acids is 2. The maximum atomic E-state index is 12.0. The Morgan fingerprint density at radius 2 is 2.00 bits per heavy atom. The van der Waals surface area contributed by atoms with Crippen molar-refractivity contribution in [2.75, 3.05) is 19.7 Å². The summed E-state index contributed by atoms with van der Waals surface area (Å²) in [6, 6.07) is 2.21. The van der Waals surface area contributed by atoms with Crippen molar-refractivity contribution in [3.63, 3.8) is 0 Å². The molecule has 1 amide bonds. The maximum absolute atomic E-state index is 12.0. The number of piperidine rings is 1. The summed E-state index contributed by atoms with van der Waals surface area (Å²) >= 11 is 0. The van der Waals surface area contributed by atoms with Gasteiger partial charge in [-0.05, 0) is 24.3 Å². The molecule has 0 aromatic carbocycles. The molecule has 120 valence electrons. The number of hydrogen-bond donors (Lipinski definition) is 0. The van der Waals surface area contributed by atoms with Crippen LogP contribution in [-0.4, -0.2) is 41.4 Å². The summed E-state index contributed by atoms with van der Waals surface area (Å²) in [5.74, 6) is -1.17. The number of esters is 1. The number of carbonyl (C=O) groups is 2. The van der Waals surface area contributed by atoms with Crippen LogP contribution in [0, 0.1) is 22.0 Å². The van der Waals surface area contributed by atoms with Crippen molar-refractivity contribution >= 4 is 17.8 Å². The molecule has 22 heavy (non-hydrogen) atoms. The Kier molecular flexibility index (Phi) is 4.79. The van der Waals surface area contributed by atoms with Crippen molar-refractivity contribution in [1.29, 1.82) is 0 Å². The molecule has 1 aliphatic rings. The van der Waals surface area contributed by atoms with Gasteiger partial charge >= 0.3 is 11.9 Å². The average Bonchev–Trinajstić information content (AvgIpc) is 2.93. The molecular formula is C14H18N2O6. The Balaban J connectivity index is 1.87. The van der Waals surface area contributed by atoms with Gasteiger partial charge in [0.1, 0.15) is 4.92 Å². The summed E-state index contributed by atoms with van der Waals surface area (Å²) < 4.78 is 9.58. The highest BCUT2D eigenvalue weighted by atomic mass is 16.7. The Bertz CT molecular complexity index is 572. The number of ether oxygens (including phenoxy) is 1. The highest BCUT2D eigenvalue weighted by Crippen LogP contribution is 2.21. The van der Waals surface area contributed by atoms with E-state index in [2.05, 4.69) is 13.8 Å². The topological polar surface area (TPSA) is 103 Å². The van der Waals surface area contributed by atoms with Gasteiger partial charge in [-0.2, -0.15) is 0 Å². The first-order valence-electron chi connectivity index (χ1n) is 7.06.